The number of rotatable bonds is 5. The van der Waals surface area contributed by atoms with Crippen LogP contribution in [-0.2, 0) is 9.59 Å². The summed E-state index contributed by atoms with van der Waals surface area (Å²) in [6, 6.07) is -0.194. The average molecular weight is 213 g/mol. The van der Waals surface area contributed by atoms with E-state index in [0.717, 1.165) is 19.3 Å². The van der Waals surface area contributed by atoms with Crippen LogP contribution < -0.4 is 0 Å². The zero-order valence-corrected chi connectivity index (χ0v) is 9.40. The molecule has 0 aromatic heterocycles. The van der Waals surface area contributed by atoms with Crippen molar-refractivity contribution in [3.63, 3.8) is 0 Å². The van der Waals surface area contributed by atoms with E-state index in [0.29, 0.717) is 6.54 Å². The predicted octanol–water partition coefficient (Wildman–Crippen LogP) is 1.50. The van der Waals surface area contributed by atoms with E-state index in [1.807, 2.05) is 6.92 Å². The third-order valence-corrected chi connectivity index (χ3v) is 3.08. The molecular weight excluding hydrogens is 194 g/mol. The molecule has 15 heavy (non-hydrogen) atoms. The molecule has 0 aromatic rings. The second-order valence-electron chi connectivity index (χ2n) is 4.20. The minimum absolute atomic E-state index is 0.0340. The molecule has 86 valence electrons. The molecule has 1 saturated carbocycles. The number of nitrogens with zero attached hydrogens (tertiary/aromatic N) is 1. The van der Waals surface area contributed by atoms with Crippen LogP contribution in [0.25, 0.3) is 0 Å². The summed E-state index contributed by atoms with van der Waals surface area (Å²) < 4.78 is 0. The lowest BCUT2D eigenvalue weighted by molar-refractivity contribution is -0.143. The molecule has 1 aliphatic carbocycles. The van der Waals surface area contributed by atoms with Crippen LogP contribution >= 0.6 is 0 Å². The van der Waals surface area contributed by atoms with Crippen LogP contribution in [-0.4, -0.2) is 34.5 Å². The number of carbonyl (C=O) groups is 2. The Morgan fingerprint density at radius 2 is 2.07 bits per heavy atom. The Hall–Kier alpha value is -1.06. The van der Waals surface area contributed by atoms with Crippen molar-refractivity contribution in [2.45, 2.75) is 45.6 Å². The van der Waals surface area contributed by atoms with Gasteiger partial charge in [0, 0.05) is 18.5 Å². The van der Waals surface area contributed by atoms with Gasteiger partial charge in [-0.15, -0.1) is 0 Å². The van der Waals surface area contributed by atoms with Gasteiger partial charge in [0.15, 0.2) is 0 Å². The number of hydrogen-bond acceptors (Lipinski definition) is 2. The Morgan fingerprint density at radius 1 is 1.47 bits per heavy atom. The van der Waals surface area contributed by atoms with Crippen molar-refractivity contribution in [1.82, 2.24) is 4.90 Å². The third kappa shape index (κ3) is 2.94. The Balaban J connectivity index is 2.52. The molecule has 1 aliphatic rings. The van der Waals surface area contributed by atoms with Gasteiger partial charge in [0.25, 0.3) is 0 Å². The highest BCUT2D eigenvalue weighted by molar-refractivity contribution is 5.80. The van der Waals surface area contributed by atoms with Gasteiger partial charge in [-0.2, -0.15) is 0 Å². The second kappa shape index (κ2) is 5.14. The highest BCUT2D eigenvalue weighted by atomic mass is 16.4. The maximum Gasteiger partial charge on any atom is 0.305 e. The first kappa shape index (κ1) is 12.0. The first-order valence-electron chi connectivity index (χ1n) is 5.58. The van der Waals surface area contributed by atoms with Crippen LogP contribution in [0.1, 0.15) is 39.5 Å². The molecule has 0 saturated heterocycles. The van der Waals surface area contributed by atoms with Crippen LogP contribution in [0, 0.1) is 5.92 Å². The lowest BCUT2D eigenvalue weighted by atomic mass is 9.84. The number of aliphatic carboxylic acids is 1. The van der Waals surface area contributed by atoms with Gasteiger partial charge in [-0.05, 0) is 26.7 Å². The Labute approximate surface area is 90.3 Å². The quantitative estimate of drug-likeness (QED) is 0.753. The normalized spacial score (nSPS) is 18.0. The van der Waals surface area contributed by atoms with Gasteiger partial charge in [-0.1, -0.05) is 6.42 Å². The van der Waals surface area contributed by atoms with E-state index in [1.54, 1.807) is 11.8 Å². The molecule has 1 amide bonds. The van der Waals surface area contributed by atoms with Gasteiger partial charge < -0.3 is 10.0 Å². The lowest BCUT2D eigenvalue weighted by Gasteiger charge is -2.34. The summed E-state index contributed by atoms with van der Waals surface area (Å²) in [5.41, 5.74) is 0. The molecule has 1 rings (SSSR count). The van der Waals surface area contributed by atoms with Gasteiger partial charge in [0.1, 0.15) is 0 Å². The highest BCUT2D eigenvalue weighted by Crippen LogP contribution is 2.29. The zero-order valence-electron chi connectivity index (χ0n) is 9.40. The van der Waals surface area contributed by atoms with Crippen molar-refractivity contribution in [1.29, 1.82) is 0 Å². The summed E-state index contributed by atoms with van der Waals surface area (Å²) in [5, 5.41) is 8.68. The van der Waals surface area contributed by atoms with Gasteiger partial charge in [-0.3, -0.25) is 9.59 Å². The molecule has 0 aliphatic heterocycles. The molecule has 0 aromatic carbocycles. The van der Waals surface area contributed by atoms with Gasteiger partial charge in [0.2, 0.25) is 5.91 Å². The molecule has 0 bridgehead atoms. The summed E-state index contributed by atoms with van der Waals surface area (Å²) in [7, 11) is 0. The molecule has 0 radical (unpaired) electrons. The van der Waals surface area contributed by atoms with Crippen molar-refractivity contribution in [3.8, 4) is 0 Å². The van der Waals surface area contributed by atoms with Crippen molar-refractivity contribution in [2.24, 2.45) is 5.92 Å². The number of hydrogen-bond donors (Lipinski definition) is 1. The smallest absolute Gasteiger partial charge is 0.305 e. The van der Waals surface area contributed by atoms with Crippen LogP contribution in [0.3, 0.4) is 0 Å². The van der Waals surface area contributed by atoms with Gasteiger partial charge in [-0.25, -0.2) is 0 Å². The van der Waals surface area contributed by atoms with E-state index in [9.17, 15) is 9.59 Å². The van der Waals surface area contributed by atoms with Gasteiger partial charge >= 0.3 is 5.97 Å². The van der Waals surface area contributed by atoms with E-state index in [1.165, 1.54) is 0 Å². The lowest BCUT2D eigenvalue weighted by Crippen LogP contribution is -2.44. The molecule has 1 unspecified atom stereocenters. The van der Waals surface area contributed by atoms with Crippen LogP contribution in [0.15, 0.2) is 0 Å². The topological polar surface area (TPSA) is 57.6 Å². The number of carboxylic acid groups (broad SMARTS) is 1. The highest BCUT2D eigenvalue weighted by Gasteiger charge is 2.31. The molecule has 0 heterocycles. The molecule has 1 atom stereocenters. The van der Waals surface area contributed by atoms with E-state index in [4.69, 9.17) is 5.11 Å². The molecule has 1 N–H and O–H groups in total. The van der Waals surface area contributed by atoms with Crippen molar-refractivity contribution in [3.05, 3.63) is 0 Å². The summed E-state index contributed by atoms with van der Waals surface area (Å²) in [6.07, 6.45) is 3.10. The van der Waals surface area contributed by atoms with E-state index < -0.39 is 5.97 Å². The summed E-state index contributed by atoms with van der Waals surface area (Å²) in [6.45, 7) is 4.30. The van der Waals surface area contributed by atoms with E-state index in [2.05, 4.69) is 0 Å². The predicted molar refractivity (Wildman–Crippen MR) is 56.4 cm³/mol. The largest absolute Gasteiger partial charge is 0.481 e. The number of amides is 1. The van der Waals surface area contributed by atoms with E-state index in [-0.39, 0.29) is 24.3 Å². The molecular formula is C11H19NO3. The molecule has 1 fully saturated rings. The fourth-order valence-electron chi connectivity index (χ4n) is 1.94. The fourth-order valence-corrected chi connectivity index (χ4v) is 1.94. The maximum absolute atomic E-state index is 11.9. The first-order chi connectivity index (χ1) is 7.06. The van der Waals surface area contributed by atoms with Crippen molar-refractivity contribution < 1.29 is 14.7 Å². The van der Waals surface area contributed by atoms with Crippen molar-refractivity contribution in [2.75, 3.05) is 6.54 Å². The minimum Gasteiger partial charge on any atom is -0.481 e. The SMILES string of the molecule is CCN(C(=O)C1CCC1)C(C)CC(=O)O. The first-order valence-corrected chi connectivity index (χ1v) is 5.58. The monoisotopic (exact) mass is 213 g/mol. The van der Waals surface area contributed by atoms with Crippen LogP contribution in [0.4, 0.5) is 0 Å². The zero-order chi connectivity index (χ0) is 11.4. The Kier molecular flexibility index (Phi) is 4.12. The summed E-state index contributed by atoms with van der Waals surface area (Å²) >= 11 is 0. The van der Waals surface area contributed by atoms with Crippen LogP contribution in [0.2, 0.25) is 0 Å². The molecule has 0 spiro atoms. The average Bonchev–Trinajstić information content (AvgIpc) is 1.99. The standard InChI is InChI=1S/C11H19NO3/c1-3-12(8(2)7-10(13)14)11(15)9-5-4-6-9/h8-9H,3-7H2,1-2H3,(H,13,14). The number of carboxylic acids is 1. The van der Waals surface area contributed by atoms with Crippen LogP contribution in [0.5, 0.6) is 0 Å². The number of carbonyl (C=O) groups excluding carboxylic acids is 1. The summed E-state index contributed by atoms with van der Waals surface area (Å²) in [4.78, 5) is 24.2. The van der Waals surface area contributed by atoms with E-state index >= 15 is 0 Å². The second-order valence-corrected chi connectivity index (χ2v) is 4.20. The summed E-state index contributed by atoms with van der Waals surface area (Å²) in [5.74, 6) is -0.555. The molecule has 4 nitrogen and oxygen atoms in total. The third-order valence-electron chi connectivity index (χ3n) is 3.08. The fraction of sp³-hybridized carbons (Fsp3) is 0.818. The molecule has 4 heteroatoms. The van der Waals surface area contributed by atoms with Gasteiger partial charge in [0.05, 0.1) is 6.42 Å². The Bertz CT molecular complexity index is 248. The maximum atomic E-state index is 11.9. The Morgan fingerprint density at radius 3 is 2.40 bits per heavy atom. The van der Waals surface area contributed by atoms with Crippen molar-refractivity contribution >= 4 is 11.9 Å². The minimum atomic E-state index is -0.845.